The SMILES string of the molecule is CCc1cc(COc2c(C)cccc2CO)n(CC)n1. The first kappa shape index (κ1) is 14.6. The van der Waals surface area contributed by atoms with Gasteiger partial charge in [0.25, 0.3) is 0 Å². The van der Waals surface area contributed by atoms with Gasteiger partial charge in [-0.2, -0.15) is 5.10 Å². The van der Waals surface area contributed by atoms with Gasteiger partial charge in [0, 0.05) is 12.1 Å². The Morgan fingerprint density at radius 1 is 1.30 bits per heavy atom. The van der Waals surface area contributed by atoms with Gasteiger partial charge >= 0.3 is 0 Å². The van der Waals surface area contributed by atoms with Crippen molar-refractivity contribution in [1.82, 2.24) is 9.78 Å². The molecule has 0 aliphatic rings. The van der Waals surface area contributed by atoms with Gasteiger partial charge in [-0.05, 0) is 31.9 Å². The molecule has 0 aliphatic carbocycles. The Bertz CT molecular complexity index is 576. The molecule has 0 aliphatic heterocycles. The highest BCUT2D eigenvalue weighted by molar-refractivity contribution is 5.40. The van der Waals surface area contributed by atoms with Crippen LogP contribution in [0, 0.1) is 6.92 Å². The normalized spacial score (nSPS) is 10.8. The molecule has 1 heterocycles. The van der Waals surface area contributed by atoms with Crippen molar-refractivity contribution in [2.75, 3.05) is 0 Å². The van der Waals surface area contributed by atoms with E-state index in [-0.39, 0.29) is 6.61 Å². The summed E-state index contributed by atoms with van der Waals surface area (Å²) in [6.07, 6.45) is 0.923. The topological polar surface area (TPSA) is 47.3 Å². The molecule has 0 amide bonds. The average molecular weight is 274 g/mol. The number of aliphatic hydroxyl groups is 1. The first-order chi connectivity index (χ1) is 9.69. The zero-order valence-electron chi connectivity index (χ0n) is 12.4. The molecule has 1 aromatic carbocycles. The third kappa shape index (κ3) is 3.02. The predicted octanol–water partition coefficient (Wildman–Crippen LogP) is 2.85. The molecule has 1 N–H and O–H groups in total. The fourth-order valence-corrected chi connectivity index (χ4v) is 2.27. The summed E-state index contributed by atoms with van der Waals surface area (Å²) in [7, 11) is 0. The van der Waals surface area contributed by atoms with E-state index in [1.54, 1.807) is 0 Å². The average Bonchev–Trinajstić information content (AvgIpc) is 2.88. The summed E-state index contributed by atoms with van der Waals surface area (Å²) in [5.41, 5.74) is 4.01. The Morgan fingerprint density at radius 3 is 2.75 bits per heavy atom. The zero-order valence-corrected chi connectivity index (χ0v) is 12.4. The minimum atomic E-state index is -0.00966. The quantitative estimate of drug-likeness (QED) is 0.881. The molecule has 4 heteroatoms. The Labute approximate surface area is 120 Å². The molecule has 2 aromatic rings. The summed E-state index contributed by atoms with van der Waals surface area (Å²) in [6.45, 7) is 7.45. The van der Waals surface area contributed by atoms with Gasteiger partial charge in [-0.15, -0.1) is 0 Å². The van der Waals surface area contributed by atoms with E-state index in [0.29, 0.717) is 6.61 Å². The van der Waals surface area contributed by atoms with E-state index in [9.17, 15) is 5.11 Å². The minimum Gasteiger partial charge on any atom is -0.487 e. The summed E-state index contributed by atoms with van der Waals surface area (Å²) in [6, 6.07) is 7.89. The van der Waals surface area contributed by atoms with Crippen LogP contribution in [0.25, 0.3) is 0 Å². The molecule has 4 nitrogen and oxygen atoms in total. The fraction of sp³-hybridized carbons (Fsp3) is 0.438. The zero-order chi connectivity index (χ0) is 14.5. The van der Waals surface area contributed by atoms with Gasteiger partial charge in [-0.3, -0.25) is 4.68 Å². The molecule has 20 heavy (non-hydrogen) atoms. The largest absolute Gasteiger partial charge is 0.487 e. The minimum absolute atomic E-state index is 0.00966. The highest BCUT2D eigenvalue weighted by Crippen LogP contribution is 2.24. The van der Waals surface area contributed by atoms with Crippen LogP contribution >= 0.6 is 0 Å². The van der Waals surface area contributed by atoms with E-state index in [2.05, 4.69) is 25.0 Å². The lowest BCUT2D eigenvalue weighted by Gasteiger charge is -2.13. The number of nitrogens with zero attached hydrogens (tertiary/aromatic N) is 2. The van der Waals surface area contributed by atoms with Crippen LogP contribution in [-0.2, 0) is 26.2 Å². The molecule has 108 valence electrons. The van der Waals surface area contributed by atoms with Crippen LogP contribution in [0.2, 0.25) is 0 Å². The molecule has 0 saturated carbocycles. The highest BCUT2D eigenvalue weighted by Gasteiger charge is 2.10. The Hall–Kier alpha value is -1.81. The summed E-state index contributed by atoms with van der Waals surface area (Å²) in [5.74, 6) is 0.775. The van der Waals surface area contributed by atoms with Gasteiger partial charge in [0.15, 0.2) is 0 Å². The van der Waals surface area contributed by atoms with E-state index in [4.69, 9.17) is 4.74 Å². The summed E-state index contributed by atoms with van der Waals surface area (Å²) < 4.78 is 7.89. The van der Waals surface area contributed by atoms with Crippen molar-refractivity contribution < 1.29 is 9.84 Å². The molecular formula is C16H22N2O2. The molecule has 0 unspecified atom stereocenters. The molecule has 1 aromatic heterocycles. The third-order valence-electron chi connectivity index (χ3n) is 3.40. The lowest BCUT2D eigenvalue weighted by molar-refractivity contribution is 0.253. The van der Waals surface area contributed by atoms with Crippen molar-refractivity contribution >= 4 is 0 Å². The van der Waals surface area contributed by atoms with Crippen LogP contribution in [0.4, 0.5) is 0 Å². The molecule has 0 fully saturated rings. The van der Waals surface area contributed by atoms with E-state index >= 15 is 0 Å². The number of rotatable bonds is 6. The second-order valence-corrected chi connectivity index (χ2v) is 4.81. The van der Waals surface area contributed by atoms with Gasteiger partial charge in [0.2, 0.25) is 0 Å². The van der Waals surface area contributed by atoms with E-state index in [1.165, 1.54) is 0 Å². The number of aliphatic hydroxyl groups excluding tert-OH is 1. The lowest BCUT2D eigenvalue weighted by atomic mass is 10.1. The van der Waals surface area contributed by atoms with Crippen molar-refractivity contribution in [2.45, 2.75) is 47.0 Å². The highest BCUT2D eigenvalue weighted by atomic mass is 16.5. The van der Waals surface area contributed by atoms with Gasteiger partial charge in [-0.25, -0.2) is 0 Å². The molecule has 2 rings (SSSR count). The number of hydrogen-bond donors (Lipinski definition) is 1. The van der Waals surface area contributed by atoms with E-state index < -0.39 is 0 Å². The Balaban J connectivity index is 2.18. The lowest BCUT2D eigenvalue weighted by Crippen LogP contribution is -2.07. The van der Waals surface area contributed by atoms with Crippen LogP contribution in [0.3, 0.4) is 0 Å². The maximum absolute atomic E-state index is 9.39. The van der Waals surface area contributed by atoms with Crippen LogP contribution in [0.5, 0.6) is 5.75 Å². The van der Waals surface area contributed by atoms with Crippen LogP contribution in [0.15, 0.2) is 24.3 Å². The van der Waals surface area contributed by atoms with E-state index in [0.717, 1.165) is 41.2 Å². The van der Waals surface area contributed by atoms with Crippen LogP contribution in [-0.4, -0.2) is 14.9 Å². The predicted molar refractivity (Wildman–Crippen MR) is 78.7 cm³/mol. The van der Waals surface area contributed by atoms with E-state index in [1.807, 2.05) is 29.8 Å². The van der Waals surface area contributed by atoms with Crippen molar-refractivity contribution in [1.29, 1.82) is 0 Å². The van der Waals surface area contributed by atoms with Crippen molar-refractivity contribution in [3.8, 4) is 5.75 Å². The second-order valence-electron chi connectivity index (χ2n) is 4.81. The number of aromatic nitrogens is 2. The second kappa shape index (κ2) is 6.57. The smallest absolute Gasteiger partial charge is 0.130 e. The summed E-state index contributed by atoms with van der Waals surface area (Å²) in [5, 5.41) is 13.9. The van der Waals surface area contributed by atoms with Gasteiger partial charge < -0.3 is 9.84 Å². The van der Waals surface area contributed by atoms with Crippen LogP contribution < -0.4 is 4.74 Å². The van der Waals surface area contributed by atoms with Gasteiger partial charge in [0.1, 0.15) is 12.4 Å². The molecule has 0 spiro atoms. The molecule has 0 atom stereocenters. The molecule has 0 saturated heterocycles. The molecular weight excluding hydrogens is 252 g/mol. The maximum Gasteiger partial charge on any atom is 0.130 e. The van der Waals surface area contributed by atoms with Crippen molar-refractivity contribution in [3.63, 3.8) is 0 Å². The number of aryl methyl sites for hydroxylation is 3. The monoisotopic (exact) mass is 274 g/mol. The first-order valence-electron chi connectivity index (χ1n) is 7.07. The Kier molecular flexibility index (Phi) is 4.79. The van der Waals surface area contributed by atoms with Crippen LogP contribution in [0.1, 0.15) is 36.4 Å². The van der Waals surface area contributed by atoms with Crippen molar-refractivity contribution in [2.24, 2.45) is 0 Å². The summed E-state index contributed by atoms with van der Waals surface area (Å²) in [4.78, 5) is 0. The first-order valence-corrected chi connectivity index (χ1v) is 7.07. The van der Waals surface area contributed by atoms with Crippen molar-refractivity contribution in [3.05, 3.63) is 46.8 Å². The van der Waals surface area contributed by atoms with Gasteiger partial charge in [0.05, 0.1) is 18.0 Å². The number of ether oxygens (including phenoxy) is 1. The standard InChI is InChI=1S/C16H22N2O2/c1-4-14-9-15(18(5-2)17-14)11-20-16-12(3)7-6-8-13(16)10-19/h6-9,19H,4-5,10-11H2,1-3H3. The molecule has 0 radical (unpaired) electrons. The molecule has 0 bridgehead atoms. The maximum atomic E-state index is 9.39. The third-order valence-corrected chi connectivity index (χ3v) is 3.40. The fourth-order valence-electron chi connectivity index (χ4n) is 2.27. The van der Waals surface area contributed by atoms with Gasteiger partial charge in [-0.1, -0.05) is 25.1 Å². The number of hydrogen-bond acceptors (Lipinski definition) is 3. The number of para-hydroxylation sites is 1. The Morgan fingerprint density at radius 2 is 2.10 bits per heavy atom. The number of benzene rings is 1. The summed E-state index contributed by atoms with van der Waals surface area (Å²) >= 11 is 0.